The van der Waals surface area contributed by atoms with Crippen LogP contribution in [0.3, 0.4) is 0 Å². The van der Waals surface area contributed by atoms with Gasteiger partial charge in [0, 0.05) is 23.6 Å². The summed E-state index contributed by atoms with van der Waals surface area (Å²) in [4.78, 5) is 18.5. The van der Waals surface area contributed by atoms with Crippen molar-refractivity contribution in [2.24, 2.45) is 0 Å². The van der Waals surface area contributed by atoms with E-state index in [-0.39, 0.29) is 12.7 Å². The molecule has 2 heterocycles. The average Bonchev–Trinajstić information content (AvgIpc) is 3.10. The molecule has 4 rings (SSSR count). The Kier molecular flexibility index (Phi) is 4.63. The number of halogens is 1. The Hall–Kier alpha value is -2.79. The van der Waals surface area contributed by atoms with Gasteiger partial charge in [-0.1, -0.05) is 41.9 Å². The molecule has 5 nitrogen and oxygen atoms in total. The van der Waals surface area contributed by atoms with Crippen molar-refractivity contribution in [1.29, 1.82) is 0 Å². The summed E-state index contributed by atoms with van der Waals surface area (Å²) < 4.78 is 11.3. The van der Waals surface area contributed by atoms with Crippen molar-refractivity contribution in [1.82, 2.24) is 9.88 Å². The molecule has 1 aliphatic heterocycles. The van der Waals surface area contributed by atoms with Gasteiger partial charge in [-0.15, -0.1) is 0 Å². The summed E-state index contributed by atoms with van der Waals surface area (Å²) in [5.41, 5.74) is 2.72. The molecule has 132 valence electrons. The number of benzene rings is 2. The number of rotatable bonds is 3. The highest BCUT2D eigenvalue weighted by Gasteiger charge is 2.26. The second-order valence-corrected chi connectivity index (χ2v) is 6.54. The third kappa shape index (κ3) is 3.58. The van der Waals surface area contributed by atoms with Gasteiger partial charge in [-0.25, -0.2) is 9.78 Å². The summed E-state index contributed by atoms with van der Waals surface area (Å²) in [7, 11) is 0. The molecule has 0 fully saturated rings. The van der Waals surface area contributed by atoms with Crippen LogP contribution in [0.2, 0.25) is 5.02 Å². The van der Waals surface area contributed by atoms with Crippen molar-refractivity contribution in [3.8, 4) is 11.5 Å². The normalized spacial score (nSPS) is 13.3. The third-order valence-corrected chi connectivity index (χ3v) is 4.54. The quantitative estimate of drug-likeness (QED) is 0.673. The lowest BCUT2D eigenvalue weighted by molar-refractivity contribution is 0.0887. The molecule has 0 bridgehead atoms. The predicted molar refractivity (Wildman–Crippen MR) is 97.7 cm³/mol. The number of aromatic nitrogens is 1. The Bertz CT molecular complexity index is 907. The molecule has 26 heavy (non-hydrogen) atoms. The van der Waals surface area contributed by atoms with Gasteiger partial charge in [0.1, 0.15) is 12.4 Å². The van der Waals surface area contributed by atoms with Gasteiger partial charge in [0.15, 0.2) is 0 Å². The Labute approximate surface area is 156 Å². The second-order valence-electron chi connectivity index (χ2n) is 6.11. The van der Waals surface area contributed by atoms with Crippen LogP contribution in [0.25, 0.3) is 11.5 Å². The van der Waals surface area contributed by atoms with Crippen molar-refractivity contribution in [2.45, 2.75) is 19.6 Å². The largest absolute Gasteiger partial charge is 0.445 e. The monoisotopic (exact) mass is 368 g/mol. The fourth-order valence-electron chi connectivity index (χ4n) is 2.88. The maximum atomic E-state index is 12.3. The fraction of sp³-hybridized carbons (Fsp3) is 0.200. The van der Waals surface area contributed by atoms with Gasteiger partial charge < -0.3 is 14.1 Å². The fourth-order valence-corrected chi connectivity index (χ4v) is 3.00. The first-order chi connectivity index (χ1) is 12.7. The Morgan fingerprint density at radius 3 is 2.69 bits per heavy atom. The maximum Gasteiger partial charge on any atom is 0.410 e. The third-order valence-electron chi connectivity index (χ3n) is 4.29. The van der Waals surface area contributed by atoms with E-state index >= 15 is 0 Å². The summed E-state index contributed by atoms with van der Waals surface area (Å²) in [5.74, 6) is 1.25. The van der Waals surface area contributed by atoms with E-state index in [9.17, 15) is 4.79 Å². The lowest BCUT2D eigenvalue weighted by Gasteiger charge is -2.24. The second kappa shape index (κ2) is 7.22. The van der Waals surface area contributed by atoms with Crippen LogP contribution in [0.15, 0.2) is 59.0 Å². The first kappa shape index (κ1) is 16.7. The summed E-state index contributed by atoms with van der Waals surface area (Å²) in [6.07, 6.45) is 0.302. The standard InChI is InChI=1S/C20H17ClN2O3/c21-16-8-6-15(7-9-16)19-22-17-10-11-23(12-18(17)26-19)20(24)25-13-14-4-2-1-3-5-14/h1-9H,10-13H2. The molecule has 0 spiro atoms. The molecule has 1 amide bonds. The average molecular weight is 369 g/mol. The number of oxazole rings is 1. The number of fused-ring (bicyclic) bond motifs is 1. The van der Waals surface area contributed by atoms with E-state index < -0.39 is 0 Å². The Morgan fingerprint density at radius 1 is 1.15 bits per heavy atom. The molecule has 0 atom stereocenters. The number of carbonyl (C=O) groups is 1. The zero-order valence-electron chi connectivity index (χ0n) is 14.0. The Morgan fingerprint density at radius 2 is 1.92 bits per heavy atom. The van der Waals surface area contributed by atoms with Crippen LogP contribution >= 0.6 is 11.6 Å². The zero-order valence-corrected chi connectivity index (χ0v) is 14.8. The van der Waals surface area contributed by atoms with E-state index in [0.717, 1.165) is 16.8 Å². The molecule has 0 N–H and O–H groups in total. The number of carbonyl (C=O) groups excluding carboxylic acids is 1. The van der Waals surface area contributed by atoms with Crippen LogP contribution in [-0.4, -0.2) is 22.5 Å². The molecule has 0 unspecified atom stereocenters. The van der Waals surface area contributed by atoms with E-state index in [1.807, 2.05) is 42.5 Å². The van der Waals surface area contributed by atoms with Crippen molar-refractivity contribution in [3.63, 3.8) is 0 Å². The lowest BCUT2D eigenvalue weighted by Crippen LogP contribution is -2.36. The van der Waals surface area contributed by atoms with Crippen LogP contribution in [0.1, 0.15) is 17.0 Å². The number of hydrogen-bond donors (Lipinski definition) is 0. The molecule has 1 aromatic heterocycles. The molecule has 1 aliphatic rings. The van der Waals surface area contributed by atoms with Gasteiger partial charge in [-0.3, -0.25) is 0 Å². The van der Waals surface area contributed by atoms with Gasteiger partial charge in [-0.2, -0.15) is 0 Å². The Balaban J connectivity index is 1.42. The predicted octanol–water partition coefficient (Wildman–Crippen LogP) is 4.69. The highest BCUT2D eigenvalue weighted by Crippen LogP contribution is 2.27. The molecule has 3 aromatic rings. The molecule has 6 heteroatoms. The lowest BCUT2D eigenvalue weighted by atomic mass is 10.2. The van der Waals surface area contributed by atoms with Crippen LogP contribution in [0, 0.1) is 0 Å². The van der Waals surface area contributed by atoms with E-state index in [1.54, 1.807) is 17.0 Å². The van der Waals surface area contributed by atoms with Crippen molar-refractivity contribution in [2.75, 3.05) is 6.54 Å². The van der Waals surface area contributed by atoms with Crippen LogP contribution < -0.4 is 0 Å². The number of nitrogens with zero attached hydrogens (tertiary/aromatic N) is 2. The van der Waals surface area contributed by atoms with Gasteiger partial charge in [0.25, 0.3) is 0 Å². The highest BCUT2D eigenvalue weighted by atomic mass is 35.5. The minimum atomic E-state index is -0.344. The van der Waals surface area contributed by atoms with Gasteiger partial charge in [0.2, 0.25) is 5.89 Å². The molecule has 2 aromatic carbocycles. The zero-order chi connectivity index (χ0) is 17.9. The number of ether oxygens (including phenoxy) is 1. The summed E-state index contributed by atoms with van der Waals surface area (Å²) >= 11 is 5.92. The highest BCUT2D eigenvalue weighted by molar-refractivity contribution is 6.30. The number of hydrogen-bond acceptors (Lipinski definition) is 4. The van der Waals surface area contributed by atoms with Crippen molar-refractivity contribution in [3.05, 3.63) is 76.6 Å². The van der Waals surface area contributed by atoms with E-state index in [0.29, 0.717) is 36.2 Å². The SMILES string of the molecule is O=C(OCc1ccccc1)N1CCc2nc(-c3ccc(Cl)cc3)oc2C1. The van der Waals surface area contributed by atoms with Gasteiger partial charge in [0.05, 0.1) is 12.2 Å². The molecule has 0 saturated carbocycles. The molecular formula is C20H17ClN2O3. The van der Waals surface area contributed by atoms with E-state index in [4.69, 9.17) is 20.8 Å². The minimum absolute atomic E-state index is 0.259. The molecule has 0 aliphatic carbocycles. The van der Waals surface area contributed by atoms with Crippen LogP contribution in [0.5, 0.6) is 0 Å². The van der Waals surface area contributed by atoms with Crippen LogP contribution in [-0.2, 0) is 24.3 Å². The smallest absolute Gasteiger partial charge is 0.410 e. The van der Waals surface area contributed by atoms with Gasteiger partial charge in [-0.05, 0) is 29.8 Å². The van der Waals surface area contributed by atoms with Crippen molar-refractivity contribution >= 4 is 17.7 Å². The summed E-state index contributed by atoms with van der Waals surface area (Å²) in [5, 5.41) is 0.664. The maximum absolute atomic E-state index is 12.3. The summed E-state index contributed by atoms with van der Waals surface area (Å²) in [6, 6.07) is 17.0. The topological polar surface area (TPSA) is 55.6 Å². The van der Waals surface area contributed by atoms with E-state index in [2.05, 4.69) is 4.98 Å². The first-order valence-corrected chi connectivity index (χ1v) is 8.77. The minimum Gasteiger partial charge on any atom is -0.445 e. The first-order valence-electron chi connectivity index (χ1n) is 8.39. The molecular weight excluding hydrogens is 352 g/mol. The molecule has 0 saturated heterocycles. The number of amides is 1. The molecule has 0 radical (unpaired) electrons. The van der Waals surface area contributed by atoms with Crippen LogP contribution in [0.4, 0.5) is 4.79 Å². The van der Waals surface area contributed by atoms with Crippen molar-refractivity contribution < 1.29 is 13.9 Å². The van der Waals surface area contributed by atoms with Gasteiger partial charge >= 0.3 is 6.09 Å². The van der Waals surface area contributed by atoms with E-state index in [1.165, 1.54) is 0 Å². The summed E-state index contributed by atoms with van der Waals surface area (Å²) in [6.45, 7) is 1.19.